The van der Waals surface area contributed by atoms with Gasteiger partial charge in [-0.3, -0.25) is 4.79 Å². The summed E-state index contributed by atoms with van der Waals surface area (Å²) in [6.45, 7) is 2.12. The third kappa shape index (κ3) is 2.75. The number of furan rings is 1. The van der Waals surface area contributed by atoms with E-state index in [2.05, 4.69) is 5.32 Å². The number of nitrogens with one attached hydrogen (secondary N) is 1. The highest BCUT2D eigenvalue weighted by Crippen LogP contribution is 2.23. The largest absolute Gasteiger partial charge is 0.459 e. The number of aliphatic hydroxyl groups excluding tert-OH is 1. The zero-order chi connectivity index (χ0) is 12.3. The van der Waals surface area contributed by atoms with E-state index in [1.807, 2.05) is 18.4 Å². The van der Waals surface area contributed by atoms with Crippen LogP contribution in [0.4, 0.5) is 0 Å². The summed E-state index contributed by atoms with van der Waals surface area (Å²) in [5, 5.41) is 14.4. The second kappa shape index (κ2) is 5.16. The molecule has 2 aromatic rings. The topological polar surface area (TPSA) is 62.5 Å². The van der Waals surface area contributed by atoms with Crippen LogP contribution in [0.3, 0.4) is 0 Å². The standard InChI is InChI=1S/C12H13NO3S/c1-8-4-6-17-11(8)9(14)7-13-12(15)10-3-2-5-16-10/h2-6,9,14H,7H2,1H3,(H,13,15). The van der Waals surface area contributed by atoms with Crippen LogP contribution in [0, 0.1) is 6.92 Å². The number of hydrogen-bond acceptors (Lipinski definition) is 4. The highest BCUT2D eigenvalue weighted by molar-refractivity contribution is 7.10. The Labute approximate surface area is 103 Å². The van der Waals surface area contributed by atoms with Crippen LogP contribution < -0.4 is 5.32 Å². The molecule has 0 fully saturated rings. The summed E-state index contributed by atoms with van der Waals surface area (Å²) >= 11 is 1.48. The minimum atomic E-state index is -0.672. The molecule has 0 spiro atoms. The number of carbonyl (C=O) groups excluding carboxylic acids is 1. The van der Waals surface area contributed by atoms with E-state index in [-0.39, 0.29) is 18.2 Å². The van der Waals surface area contributed by atoms with Crippen LogP contribution in [0.15, 0.2) is 34.3 Å². The van der Waals surface area contributed by atoms with Crippen molar-refractivity contribution in [3.05, 3.63) is 46.0 Å². The van der Waals surface area contributed by atoms with E-state index in [1.165, 1.54) is 17.6 Å². The van der Waals surface area contributed by atoms with E-state index in [4.69, 9.17) is 4.42 Å². The van der Waals surface area contributed by atoms with Crippen molar-refractivity contribution in [3.63, 3.8) is 0 Å². The summed E-state index contributed by atoms with van der Waals surface area (Å²) in [5.74, 6) is -0.0663. The van der Waals surface area contributed by atoms with Crippen molar-refractivity contribution in [2.75, 3.05) is 6.54 Å². The SMILES string of the molecule is Cc1ccsc1C(O)CNC(=O)c1ccco1. The maximum atomic E-state index is 11.6. The number of thiophene rings is 1. The van der Waals surface area contributed by atoms with Gasteiger partial charge < -0.3 is 14.8 Å². The minimum absolute atomic E-state index is 0.181. The van der Waals surface area contributed by atoms with Gasteiger partial charge in [0.1, 0.15) is 6.10 Å². The minimum Gasteiger partial charge on any atom is -0.459 e. The van der Waals surface area contributed by atoms with Gasteiger partial charge in [0.15, 0.2) is 5.76 Å². The average Bonchev–Trinajstić information content (AvgIpc) is 2.95. The lowest BCUT2D eigenvalue weighted by Crippen LogP contribution is -2.27. The number of carbonyl (C=O) groups is 1. The molecule has 0 aromatic carbocycles. The van der Waals surface area contributed by atoms with Gasteiger partial charge in [0.25, 0.3) is 5.91 Å². The Hall–Kier alpha value is -1.59. The average molecular weight is 251 g/mol. The molecule has 0 bridgehead atoms. The molecular weight excluding hydrogens is 238 g/mol. The van der Waals surface area contributed by atoms with Crippen LogP contribution in [0.5, 0.6) is 0 Å². The molecule has 2 heterocycles. The summed E-state index contributed by atoms with van der Waals surface area (Å²) in [5.41, 5.74) is 1.04. The number of rotatable bonds is 4. The number of hydrogen-bond donors (Lipinski definition) is 2. The Balaban J connectivity index is 1.91. The number of aliphatic hydroxyl groups is 1. The van der Waals surface area contributed by atoms with Crippen LogP contribution in [0.25, 0.3) is 0 Å². The summed E-state index contributed by atoms with van der Waals surface area (Å²) < 4.78 is 4.95. The highest BCUT2D eigenvalue weighted by Gasteiger charge is 2.14. The Morgan fingerprint density at radius 2 is 2.41 bits per heavy atom. The molecule has 1 amide bonds. The lowest BCUT2D eigenvalue weighted by atomic mass is 10.2. The first-order valence-corrected chi connectivity index (χ1v) is 6.10. The molecule has 1 atom stereocenters. The molecule has 0 aliphatic heterocycles. The van der Waals surface area contributed by atoms with Crippen LogP contribution in [0.2, 0.25) is 0 Å². The summed E-state index contributed by atoms with van der Waals surface area (Å²) in [6, 6.07) is 5.17. The Kier molecular flexibility index (Phi) is 3.61. The van der Waals surface area contributed by atoms with Crippen LogP contribution in [-0.2, 0) is 0 Å². The maximum Gasteiger partial charge on any atom is 0.287 e. The van der Waals surface area contributed by atoms with E-state index >= 15 is 0 Å². The van der Waals surface area contributed by atoms with Crippen LogP contribution in [-0.4, -0.2) is 17.6 Å². The molecule has 0 radical (unpaired) electrons. The molecule has 90 valence electrons. The van der Waals surface area contributed by atoms with Crippen molar-refractivity contribution in [2.45, 2.75) is 13.0 Å². The second-order valence-corrected chi connectivity index (χ2v) is 4.62. The maximum absolute atomic E-state index is 11.6. The van der Waals surface area contributed by atoms with E-state index < -0.39 is 6.10 Å². The van der Waals surface area contributed by atoms with Crippen molar-refractivity contribution in [3.8, 4) is 0 Å². The van der Waals surface area contributed by atoms with E-state index in [1.54, 1.807) is 12.1 Å². The highest BCUT2D eigenvalue weighted by atomic mass is 32.1. The number of aryl methyl sites for hydroxylation is 1. The van der Waals surface area contributed by atoms with Gasteiger partial charge in [0.05, 0.1) is 6.26 Å². The fraction of sp³-hybridized carbons (Fsp3) is 0.250. The van der Waals surface area contributed by atoms with Gasteiger partial charge in [0, 0.05) is 11.4 Å². The van der Waals surface area contributed by atoms with Gasteiger partial charge in [-0.1, -0.05) is 0 Å². The summed E-state index contributed by atoms with van der Waals surface area (Å²) in [4.78, 5) is 12.4. The lowest BCUT2D eigenvalue weighted by Gasteiger charge is -2.10. The quantitative estimate of drug-likeness (QED) is 0.874. The van der Waals surface area contributed by atoms with Crippen molar-refractivity contribution in [2.24, 2.45) is 0 Å². The van der Waals surface area contributed by atoms with E-state index in [9.17, 15) is 9.90 Å². The normalized spacial score (nSPS) is 12.4. The molecule has 5 heteroatoms. The molecule has 0 aliphatic rings. The fourth-order valence-corrected chi connectivity index (χ4v) is 2.42. The van der Waals surface area contributed by atoms with Crippen molar-refractivity contribution >= 4 is 17.2 Å². The van der Waals surface area contributed by atoms with Crippen molar-refractivity contribution in [1.82, 2.24) is 5.32 Å². The first-order valence-electron chi connectivity index (χ1n) is 5.22. The molecular formula is C12H13NO3S. The molecule has 0 aliphatic carbocycles. The monoisotopic (exact) mass is 251 g/mol. The van der Waals surface area contributed by atoms with Gasteiger partial charge in [-0.25, -0.2) is 0 Å². The summed E-state index contributed by atoms with van der Waals surface area (Å²) in [7, 11) is 0. The molecule has 1 unspecified atom stereocenters. The zero-order valence-electron chi connectivity index (χ0n) is 9.34. The Morgan fingerprint density at radius 3 is 3.00 bits per heavy atom. The Morgan fingerprint density at radius 1 is 1.59 bits per heavy atom. The lowest BCUT2D eigenvalue weighted by molar-refractivity contribution is 0.0890. The van der Waals surface area contributed by atoms with E-state index in [0.717, 1.165) is 10.4 Å². The van der Waals surface area contributed by atoms with Gasteiger partial charge >= 0.3 is 0 Å². The van der Waals surface area contributed by atoms with Gasteiger partial charge in [-0.2, -0.15) is 0 Å². The molecule has 2 rings (SSSR count). The van der Waals surface area contributed by atoms with Crippen molar-refractivity contribution < 1.29 is 14.3 Å². The van der Waals surface area contributed by atoms with Gasteiger partial charge in [-0.15, -0.1) is 11.3 Å². The molecule has 0 saturated carbocycles. The van der Waals surface area contributed by atoms with E-state index in [0.29, 0.717) is 0 Å². The summed E-state index contributed by atoms with van der Waals surface area (Å²) in [6.07, 6.45) is 0.767. The second-order valence-electron chi connectivity index (χ2n) is 3.67. The van der Waals surface area contributed by atoms with Crippen LogP contribution >= 0.6 is 11.3 Å². The van der Waals surface area contributed by atoms with Crippen molar-refractivity contribution in [1.29, 1.82) is 0 Å². The molecule has 0 saturated heterocycles. The smallest absolute Gasteiger partial charge is 0.287 e. The third-order valence-corrected chi connectivity index (χ3v) is 3.53. The molecule has 2 N–H and O–H groups in total. The molecule has 2 aromatic heterocycles. The molecule has 17 heavy (non-hydrogen) atoms. The van der Waals surface area contributed by atoms with Gasteiger partial charge in [-0.05, 0) is 36.1 Å². The number of amides is 1. The Bertz CT molecular complexity index is 490. The molecule has 4 nitrogen and oxygen atoms in total. The zero-order valence-corrected chi connectivity index (χ0v) is 10.2. The van der Waals surface area contributed by atoms with Crippen LogP contribution in [0.1, 0.15) is 27.1 Å². The third-order valence-electron chi connectivity index (χ3n) is 2.41. The predicted molar refractivity (Wildman–Crippen MR) is 65.1 cm³/mol. The van der Waals surface area contributed by atoms with Gasteiger partial charge in [0.2, 0.25) is 0 Å². The first-order chi connectivity index (χ1) is 8.18. The predicted octanol–water partition coefficient (Wildman–Crippen LogP) is 2.11. The fourth-order valence-electron chi connectivity index (χ4n) is 1.50. The first kappa shape index (κ1) is 11.9.